The monoisotopic (exact) mass is 152 g/mol. The van der Waals surface area contributed by atoms with E-state index >= 15 is 0 Å². The van der Waals surface area contributed by atoms with Gasteiger partial charge in [-0.05, 0) is 0 Å². The maximum absolute atomic E-state index is 5.42. The van der Waals surface area contributed by atoms with E-state index in [9.17, 15) is 0 Å². The Kier molecular flexibility index (Phi) is 3.75. The van der Waals surface area contributed by atoms with E-state index in [0.717, 1.165) is 0 Å². The molecule has 0 N–H and O–H groups in total. The van der Waals surface area contributed by atoms with Crippen LogP contribution in [0.4, 0.5) is 0 Å². The first-order valence-electron chi connectivity index (χ1n) is 1.91. The Labute approximate surface area is 58.5 Å². The van der Waals surface area contributed by atoms with E-state index in [0.29, 0.717) is 10.8 Å². The summed E-state index contributed by atoms with van der Waals surface area (Å²) in [4.78, 5) is 0. The largest absolute Gasteiger partial charge is 0.496 e. The molecule has 0 aliphatic carbocycles. The van der Waals surface area contributed by atoms with Gasteiger partial charge in [0.25, 0.3) is 0 Å². The maximum Gasteiger partial charge on any atom is 0.131 e. The fraction of sp³-hybridized carbons (Fsp3) is 0.200. The Balaban J connectivity index is 3.83. The molecule has 0 saturated carbocycles. The lowest BCUT2D eigenvalue weighted by Crippen LogP contribution is -1.80. The van der Waals surface area contributed by atoms with Gasteiger partial charge < -0.3 is 4.74 Å². The molecule has 0 aliphatic heterocycles. The summed E-state index contributed by atoms with van der Waals surface area (Å²) in [5, 5.41) is 0.328. The normalized spacial score (nSPS) is 11.1. The minimum atomic E-state index is 0.328. The van der Waals surface area contributed by atoms with Crippen LogP contribution in [0, 0.1) is 0 Å². The van der Waals surface area contributed by atoms with Gasteiger partial charge in [-0.3, -0.25) is 0 Å². The third-order valence-corrected chi connectivity index (χ3v) is 1.26. The third-order valence-electron chi connectivity index (χ3n) is 0.609. The Morgan fingerprint density at radius 1 is 1.75 bits per heavy atom. The Hall–Kier alpha value is -0.140. The van der Waals surface area contributed by atoms with Crippen molar-refractivity contribution in [1.82, 2.24) is 0 Å². The van der Waals surface area contributed by atoms with Crippen molar-refractivity contribution in [2.75, 3.05) is 7.11 Å². The molecule has 0 atom stereocenters. The zero-order valence-electron chi connectivity index (χ0n) is 4.45. The Bertz CT molecular complexity index is 118. The Morgan fingerprint density at radius 2 is 2.25 bits per heavy atom. The molecule has 0 aromatic carbocycles. The summed E-state index contributed by atoms with van der Waals surface area (Å²) in [6.45, 7) is 3.44. The predicted octanol–water partition coefficient (Wildman–Crippen LogP) is 2.47. The fourth-order valence-corrected chi connectivity index (χ4v) is 0.357. The summed E-state index contributed by atoms with van der Waals surface area (Å²) >= 11 is 10.6. The van der Waals surface area contributed by atoms with E-state index < -0.39 is 0 Å². The van der Waals surface area contributed by atoms with E-state index in [-0.39, 0.29) is 0 Å². The number of hydrogen-bond acceptors (Lipinski definition) is 1. The zero-order valence-corrected chi connectivity index (χ0v) is 5.96. The lowest BCUT2D eigenvalue weighted by Gasteiger charge is -1.97. The van der Waals surface area contributed by atoms with Crippen LogP contribution >= 0.6 is 23.2 Å². The van der Waals surface area contributed by atoms with Gasteiger partial charge in [0, 0.05) is 5.54 Å². The van der Waals surface area contributed by atoms with Gasteiger partial charge in [-0.15, -0.1) is 0 Å². The van der Waals surface area contributed by atoms with E-state index in [2.05, 4.69) is 11.3 Å². The van der Waals surface area contributed by atoms with E-state index in [4.69, 9.17) is 23.2 Å². The maximum atomic E-state index is 5.42. The Morgan fingerprint density at radius 3 is 2.38 bits per heavy atom. The van der Waals surface area contributed by atoms with Gasteiger partial charge in [-0.2, -0.15) is 0 Å². The van der Waals surface area contributed by atoms with Crippen LogP contribution in [0.15, 0.2) is 22.9 Å². The van der Waals surface area contributed by atoms with Gasteiger partial charge in [0.1, 0.15) is 5.76 Å². The summed E-state index contributed by atoms with van der Waals surface area (Å²) in [7, 11) is 1.48. The molecule has 0 aromatic heterocycles. The minimum absolute atomic E-state index is 0.328. The first-order chi connectivity index (χ1) is 3.72. The molecule has 0 bridgehead atoms. The zero-order chi connectivity index (χ0) is 6.57. The highest BCUT2D eigenvalue weighted by atomic mass is 35.5. The second kappa shape index (κ2) is 3.81. The standard InChI is InChI=1S/C5H6Cl2O/c1-4(8-2)5(7)3-6/h3H,1H2,2H3/b5-3-. The molecule has 0 unspecified atom stereocenters. The molecule has 0 spiro atoms. The van der Waals surface area contributed by atoms with Crippen molar-refractivity contribution in [3.8, 4) is 0 Å². The van der Waals surface area contributed by atoms with Crippen LogP contribution in [-0.2, 0) is 4.74 Å². The van der Waals surface area contributed by atoms with Crippen molar-refractivity contribution in [1.29, 1.82) is 0 Å². The molecule has 0 fully saturated rings. The molecule has 0 radical (unpaired) electrons. The molecule has 0 saturated heterocycles. The molecule has 0 aromatic rings. The smallest absolute Gasteiger partial charge is 0.131 e. The van der Waals surface area contributed by atoms with Gasteiger partial charge in [-0.1, -0.05) is 29.8 Å². The van der Waals surface area contributed by atoms with E-state index in [1.807, 2.05) is 0 Å². The molecule has 0 aliphatic rings. The van der Waals surface area contributed by atoms with Crippen LogP contribution in [-0.4, -0.2) is 7.11 Å². The summed E-state index contributed by atoms with van der Waals surface area (Å²) in [5.41, 5.74) is 1.20. The summed E-state index contributed by atoms with van der Waals surface area (Å²) in [6, 6.07) is 0. The predicted molar refractivity (Wildman–Crippen MR) is 35.9 cm³/mol. The fourth-order valence-electron chi connectivity index (χ4n) is 0.158. The quantitative estimate of drug-likeness (QED) is 0.437. The highest BCUT2D eigenvalue weighted by molar-refractivity contribution is 6.38. The van der Waals surface area contributed by atoms with Crippen LogP contribution in [0.1, 0.15) is 0 Å². The molecule has 3 heteroatoms. The molecular weight excluding hydrogens is 147 g/mol. The molecule has 1 nitrogen and oxygen atoms in total. The lowest BCUT2D eigenvalue weighted by atomic mass is 10.5. The van der Waals surface area contributed by atoms with E-state index in [1.165, 1.54) is 12.6 Å². The molecule has 0 heterocycles. The van der Waals surface area contributed by atoms with Crippen molar-refractivity contribution < 1.29 is 4.74 Å². The summed E-state index contributed by atoms with van der Waals surface area (Å²) < 4.78 is 4.62. The molecule has 46 valence electrons. The molecule has 8 heavy (non-hydrogen) atoms. The van der Waals surface area contributed by atoms with Gasteiger partial charge in [-0.25, -0.2) is 0 Å². The second-order valence-electron chi connectivity index (χ2n) is 1.08. The third kappa shape index (κ3) is 2.24. The average molecular weight is 153 g/mol. The van der Waals surface area contributed by atoms with Crippen LogP contribution in [0.5, 0.6) is 0 Å². The molecule has 0 rings (SSSR count). The van der Waals surface area contributed by atoms with Gasteiger partial charge in [0.05, 0.1) is 12.1 Å². The minimum Gasteiger partial charge on any atom is -0.496 e. The average Bonchev–Trinajstić information content (AvgIpc) is 1.84. The number of rotatable bonds is 2. The van der Waals surface area contributed by atoms with Gasteiger partial charge >= 0.3 is 0 Å². The lowest BCUT2D eigenvalue weighted by molar-refractivity contribution is 0.307. The van der Waals surface area contributed by atoms with Crippen LogP contribution in [0.2, 0.25) is 0 Å². The van der Waals surface area contributed by atoms with Gasteiger partial charge in [0.2, 0.25) is 0 Å². The molecule has 0 amide bonds. The highest BCUT2D eigenvalue weighted by Crippen LogP contribution is 2.13. The van der Waals surface area contributed by atoms with Crippen molar-refractivity contribution in [3.63, 3.8) is 0 Å². The number of halogens is 2. The number of methoxy groups -OCH3 is 1. The first-order valence-corrected chi connectivity index (χ1v) is 2.73. The van der Waals surface area contributed by atoms with Crippen molar-refractivity contribution in [2.45, 2.75) is 0 Å². The molecular formula is C5H6Cl2O. The second-order valence-corrected chi connectivity index (χ2v) is 1.71. The number of allylic oxidation sites excluding steroid dienone is 1. The summed E-state index contributed by atoms with van der Waals surface area (Å²) in [5.74, 6) is 0.377. The van der Waals surface area contributed by atoms with Crippen molar-refractivity contribution in [3.05, 3.63) is 22.9 Å². The SMILES string of the molecule is C=C(OC)/C(Cl)=C/Cl. The van der Waals surface area contributed by atoms with Crippen molar-refractivity contribution >= 4 is 23.2 Å². The van der Waals surface area contributed by atoms with Crippen LogP contribution < -0.4 is 0 Å². The highest BCUT2D eigenvalue weighted by Gasteiger charge is 1.93. The van der Waals surface area contributed by atoms with Crippen molar-refractivity contribution in [2.24, 2.45) is 0 Å². The summed E-state index contributed by atoms with van der Waals surface area (Å²) in [6.07, 6.45) is 0. The van der Waals surface area contributed by atoms with Crippen LogP contribution in [0.25, 0.3) is 0 Å². The first kappa shape index (κ1) is 7.86. The van der Waals surface area contributed by atoms with Crippen LogP contribution in [0.3, 0.4) is 0 Å². The topological polar surface area (TPSA) is 9.23 Å². The van der Waals surface area contributed by atoms with E-state index in [1.54, 1.807) is 0 Å². The number of hydrogen-bond donors (Lipinski definition) is 0. The van der Waals surface area contributed by atoms with Gasteiger partial charge in [0.15, 0.2) is 0 Å². The number of ether oxygens (including phenoxy) is 1.